The smallest absolute Gasteiger partial charge is 0.0491 e. The van der Waals surface area contributed by atoms with Gasteiger partial charge in [0.15, 0.2) is 0 Å². The molecule has 1 aliphatic carbocycles. The molecule has 0 aromatic rings. The highest BCUT2D eigenvalue weighted by Gasteiger charge is 2.38. The lowest BCUT2D eigenvalue weighted by atomic mass is 9.69. The van der Waals surface area contributed by atoms with Crippen LogP contribution in [0.4, 0.5) is 0 Å². The highest BCUT2D eigenvalue weighted by Crippen LogP contribution is 2.39. The zero-order chi connectivity index (χ0) is 14.8. The van der Waals surface area contributed by atoms with Crippen LogP contribution in [0.25, 0.3) is 0 Å². The van der Waals surface area contributed by atoms with Gasteiger partial charge in [-0.2, -0.15) is 0 Å². The van der Waals surface area contributed by atoms with Gasteiger partial charge in [-0.05, 0) is 62.4 Å². The lowest BCUT2D eigenvalue weighted by Crippen LogP contribution is -2.54. The molecule has 118 valence electrons. The van der Waals surface area contributed by atoms with E-state index in [2.05, 4.69) is 25.7 Å². The van der Waals surface area contributed by atoms with E-state index in [0.29, 0.717) is 17.5 Å². The summed E-state index contributed by atoms with van der Waals surface area (Å²) in [6, 6.07) is 0.990. The summed E-state index contributed by atoms with van der Waals surface area (Å²) >= 11 is 0. The third kappa shape index (κ3) is 3.96. The number of nitrogens with zero attached hydrogens (tertiary/aromatic N) is 1. The summed E-state index contributed by atoms with van der Waals surface area (Å²) in [5, 5.41) is 0. The molecule has 2 N–H and O–H groups in total. The van der Waals surface area contributed by atoms with Crippen LogP contribution in [0.1, 0.15) is 52.9 Å². The summed E-state index contributed by atoms with van der Waals surface area (Å²) < 4.78 is 5.30. The van der Waals surface area contributed by atoms with Crippen LogP contribution < -0.4 is 5.73 Å². The maximum atomic E-state index is 6.44. The molecule has 0 radical (unpaired) electrons. The van der Waals surface area contributed by atoms with Gasteiger partial charge in [0.2, 0.25) is 0 Å². The average molecular weight is 282 g/mol. The van der Waals surface area contributed by atoms with E-state index >= 15 is 0 Å². The second-order valence-electron chi connectivity index (χ2n) is 8.04. The fraction of sp³-hybridized carbons (Fsp3) is 1.00. The quantitative estimate of drug-likeness (QED) is 0.865. The van der Waals surface area contributed by atoms with Crippen molar-refractivity contribution < 1.29 is 4.74 Å². The van der Waals surface area contributed by atoms with E-state index in [1.165, 1.54) is 45.2 Å². The van der Waals surface area contributed by atoms with Crippen molar-refractivity contribution in [1.82, 2.24) is 4.90 Å². The van der Waals surface area contributed by atoms with E-state index in [1.807, 2.05) is 7.11 Å². The summed E-state index contributed by atoms with van der Waals surface area (Å²) in [5.41, 5.74) is 6.87. The number of piperidine rings is 1. The van der Waals surface area contributed by atoms with E-state index in [0.717, 1.165) is 18.4 Å². The van der Waals surface area contributed by atoms with Crippen LogP contribution in [0.3, 0.4) is 0 Å². The van der Waals surface area contributed by atoms with Crippen molar-refractivity contribution in [2.75, 3.05) is 26.8 Å². The topological polar surface area (TPSA) is 38.5 Å². The van der Waals surface area contributed by atoms with Gasteiger partial charge in [-0.3, -0.25) is 4.90 Å². The van der Waals surface area contributed by atoms with Crippen molar-refractivity contribution in [1.29, 1.82) is 0 Å². The van der Waals surface area contributed by atoms with Crippen LogP contribution in [0.15, 0.2) is 0 Å². The summed E-state index contributed by atoms with van der Waals surface area (Å²) in [7, 11) is 1.82. The Kier molecular flexibility index (Phi) is 5.49. The molecule has 0 amide bonds. The number of hydrogen-bond acceptors (Lipinski definition) is 3. The zero-order valence-corrected chi connectivity index (χ0v) is 13.9. The molecule has 1 aliphatic heterocycles. The lowest BCUT2D eigenvalue weighted by Gasteiger charge is -2.47. The summed E-state index contributed by atoms with van der Waals surface area (Å²) in [6.07, 6.45) is 6.35. The normalized spacial score (nSPS) is 34.4. The van der Waals surface area contributed by atoms with Gasteiger partial charge in [0.1, 0.15) is 0 Å². The fourth-order valence-electron chi connectivity index (χ4n) is 4.06. The molecule has 3 unspecified atom stereocenters. The zero-order valence-electron chi connectivity index (χ0n) is 13.9. The number of hydrogen-bond donors (Lipinski definition) is 1. The molecule has 0 spiro atoms. The van der Waals surface area contributed by atoms with Gasteiger partial charge >= 0.3 is 0 Å². The predicted octanol–water partition coefficient (Wildman–Crippen LogP) is 2.89. The summed E-state index contributed by atoms with van der Waals surface area (Å²) in [6.45, 7) is 10.5. The van der Waals surface area contributed by atoms with Gasteiger partial charge in [0, 0.05) is 25.8 Å². The van der Waals surface area contributed by atoms with Crippen LogP contribution in [-0.4, -0.2) is 43.8 Å². The highest BCUT2D eigenvalue weighted by molar-refractivity contribution is 4.93. The Morgan fingerprint density at radius 2 is 1.75 bits per heavy atom. The fourth-order valence-corrected chi connectivity index (χ4v) is 4.06. The Labute approximate surface area is 125 Å². The monoisotopic (exact) mass is 282 g/mol. The van der Waals surface area contributed by atoms with Gasteiger partial charge in [-0.1, -0.05) is 20.8 Å². The third-order valence-electron chi connectivity index (χ3n) is 5.61. The minimum absolute atomic E-state index is 0.382. The van der Waals surface area contributed by atoms with Crippen molar-refractivity contribution in [2.24, 2.45) is 23.0 Å². The molecule has 3 heteroatoms. The highest BCUT2D eigenvalue weighted by atomic mass is 16.5. The summed E-state index contributed by atoms with van der Waals surface area (Å²) in [4.78, 5) is 2.68. The first-order valence-electron chi connectivity index (χ1n) is 8.40. The molecule has 20 heavy (non-hydrogen) atoms. The van der Waals surface area contributed by atoms with E-state index in [9.17, 15) is 0 Å². The number of rotatable bonds is 3. The molecule has 2 aliphatic rings. The molecular weight excluding hydrogens is 248 g/mol. The standard InChI is InChI=1S/C17H34N2O/c1-17(2,3)14-5-6-15(18)16(11-14)19-9-7-13(8-10-19)12-20-4/h13-16H,5-12,18H2,1-4H3. The number of likely N-dealkylation sites (tertiary alicyclic amines) is 1. The first kappa shape index (κ1) is 16.3. The largest absolute Gasteiger partial charge is 0.384 e. The number of ether oxygens (including phenoxy) is 1. The Morgan fingerprint density at radius 3 is 2.30 bits per heavy atom. The molecule has 3 atom stereocenters. The van der Waals surface area contributed by atoms with Crippen LogP contribution in [0, 0.1) is 17.3 Å². The van der Waals surface area contributed by atoms with Gasteiger partial charge in [0.25, 0.3) is 0 Å². The second-order valence-corrected chi connectivity index (χ2v) is 8.04. The van der Waals surface area contributed by atoms with E-state index < -0.39 is 0 Å². The third-order valence-corrected chi connectivity index (χ3v) is 5.61. The van der Waals surface area contributed by atoms with E-state index in [4.69, 9.17) is 10.5 Å². The molecule has 1 saturated carbocycles. The molecule has 0 aromatic carbocycles. The molecule has 3 nitrogen and oxygen atoms in total. The molecule has 1 saturated heterocycles. The summed E-state index contributed by atoms with van der Waals surface area (Å²) in [5.74, 6) is 1.58. The molecule has 0 aromatic heterocycles. The van der Waals surface area contributed by atoms with Crippen molar-refractivity contribution >= 4 is 0 Å². The molecule has 2 fully saturated rings. The Balaban J connectivity index is 1.90. The SMILES string of the molecule is COCC1CCN(C2CC(C(C)(C)C)CCC2N)CC1. The molecule has 1 heterocycles. The van der Waals surface area contributed by atoms with Crippen molar-refractivity contribution in [3.05, 3.63) is 0 Å². The maximum absolute atomic E-state index is 6.44. The van der Waals surface area contributed by atoms with Crippen LogP contribution >= 0.6 is 0 Å². The van der Waals surface area contributed by atoms with E-state index in [-0.39, 0.29) is 0 Å². The molecule has 0 bridgehead atoms. The van der Waals surface area contributed by atoms with Crippen LogP contribution in [0.5, 0.6) is 0 Å². The van der Waals surface area contributed by atoms with Crippen molar-refractivity contribution in [3.63, 3.8) is 0 Å². The van der Waals surface area contributed by atoms with Crippen LogP contribution in [-0.2, 0) is 4.74 Å². The Morgan fingerprint density at radius 1 is 1.10 bits per heavy atom. The Hall–Kier alpha value is -0.120. The first-order valence-corrected chi connectivity index (χ1v) is 8.40. The molecular formula is C17H34N2O. The minimum atomic E-state index is 0.382. The Bertz CT molecular complexity index is 292. The van der Waals surface area contributed by atoms with Gasteiger partial charge < -0.3 is 10.5 Å². The first-order chi connectivity index (χ1) is 9.41. The maximum Gasteiger partial charge on any atom is 0.0491 e. The number of nitrogens with two attached hydrogens (primary N) is 1. The second kappa shape index (κ2) is 6.76. The minimum Gasteiger partial charge on any atom is -0.384 e. The van der Waals surface area contributed by atoms with Crippen molar-refractivity contribution in [2.45, 2.75) is 65.0 Å². The number of methoxy groups -OCH3 is 1. The lowest BCUT2D eigenvalue weighted by molar-refractivity contribution is 0.0332. The van der Waals surface area contributed by atoms with Crippen molar-refractivity contribution in [3.8, 4) is 0 Å². The van der Waals surface area contributed by atoms with Gasteiger partial charge in [-0.25, -0.2) is 0 Å². The predicted molar refractivity (Wildman–Crippen MR) is 84.7 cm³/mol. The average Bonchev–Trinajstić information content (AvgIpc) is 2.39. The van der Waals surface area contributed by atoms with E-state index in [1.54, 1.807) is 0 Å². The van der Waals surface area contributed by atoms with Crippen LogP contribution in [0.2, 0.25) is 0 Å². The van der Waals surface area contributed by atoms with Gasteiger partial charge in [0.05, 0.1) is 0 Å². The molecule has 2 rings (SSSR count). The van der Waals surface area contributed by atoms with Gasteiger partial charge in [-0.15, -0.1) is 0 Å².